The summed E-state index contributed by atoms with van der Waals surface area (Å²) in [7, 11) is 0. The smallest absolute Gasteiger partial charge is 0.141 e. The van der Waals surface area contributed by atoms with Crippen LogP contribution in [-0.2, 0) is 6.54 Å². The van der Waals surface area contributed by atoms with Gasteiger partial charge in [-0.15, -0.1) is 0 Å². The van der Waals surface area contributed by atoms with Crippen LogP contribution in [0.15, 0.2) is 30.6 Å². The van der Waals surface area contributed by atoms with E-state index in [1.807, 2.05) is 12.1 Å². The fourth-order valence-electron chi connectivity index (χ4n) is 2.71. The van der Waals surface area contributed by atoms with Crippen molar-refractivity contribution >= 4 is 0 Å². The maximum absolute atomic E-state index is 13.8. The fourth-order valence-corrected chi connectivity index (χ4v) is 2.71. The van der Waals surface area contributed by atoms with Crippen LogP contribution in [0.4, 0.5) is 4.39 Å². The highest BCUT2D eigenvalue weighted by molar-refractivity contribution is 5.17. The number of halogens is 1. The second-order valence-electron chi connectivity index (χ2n) is 4.94. The van der Waals surface area contributed by atoms with Gasteiger partial charge in [0, 0.05) is 12.1 Å². The van der Waals surface area contributed by atoms with E-state index in [2.05, 4.69) is 20.1 Å². The Morgan fingerprint density at radius 2 is 2.21 bits per heavy atom. The standard InChI is InChI=1S/C14H17FN4/c15-12-6-2-1-5-11(12)9-19-8-4-3-7-13(19)14-16-10-17-18-14/h1-2,5-6,10,13H,3-4,7-9H2,(H,16,17,18). The van der Waals surface area contributed by atoms with Crippen molar-refractivity contribution in [3.05, 3.63) is 47.8 Å². The number of rotatable bonds is 3. The molecule has 1 fully saturated rings. The number of hydrogen-bond acceptors (Lipinski definition) is 3. The van der Waals surface area contributed by atoms with Crippen LogP contribution in [0.25, 0.3) is 0 Å². The normalized spacial score (nSPS) is 20.6. The Bertz CT molecular complexity index is 526. The summed E-state index contributed by atoms with van der Waals surface area (Å²) >= 11 is 0. The molecular weight excluding hydrogens is 243 g/mol. The third-order valence-corrected chi connectivity index (χ3v) is 3.69. The largest absolute Gasteiger partial charge is 0.289 e. The molecule has 3 rings (SSSR count). The number of likely N-dealkylation sites (tertiary alicyclic amines) is 1. The van der Waals surface area contributed by atoms with Crippen LogP contribution < -0.4 is 0 Å². The Labute approximate surface area is 111 Å². The van der Waals surface area contributed by atoms with Crippen molar-refractivity contribution in [2.24, 2.45) is 0 Å². The van der Waals surface area contributed by atoms with Gasteiger partial charge in [0.25, 0.3) is 0 Å². The van der Waals surface area contributed by atoms with Gasteiger partial charge in [0.1, 0.15) is 18.0 Å². The number of aromatic nitrogens is 3. The Balaban J connectivity index is 1.80. The Kier molecular flexibility index (Phi) is 3.55. The molecule has 1 aromatic carbocycles. The number of nitrogens with zero attached hydrogens (tertiary/aromatic N) is 3. The lowest BCUT2D eigenvalue weighted by Crippen LogP contribution is -2.33. The molecule has 0 saturated carbocycles. The molecule has 1 aromatic heterocycles. The fraction of sp³-hybridized carbons (Fsp3) is 0.429. The van der Waals surface area contributed by atoms with Crippen molar-refractivity contribution < 1.29 is 4.39 Å². The Hall–Kier alpha value is -1.75. The SMILES string of the molecule is Fc1ccccc1CN1CCCCC1c1ncn[nH]1. The van der Waals surface area contributed by atoms with Crippen molar-refractivity contribution in [3.8, 4) is 0 Å². The molecule has 2 aromatic rings. The molecule has 1 N–H and O–H groups in total. The van der Waals surface area contributed by atoms with Gasteiger partial charge in [0.15, 0.2) is 0 Å². The van der Waals surface area contributed by atoms with Gasteiger partial charge in [0.2, 0.25) is 0 Å². The quantitative estimate of drug-likeness (QED) is 0.922. The molecule has 1 saturated heterocycles. The number of nitrogens with one attached hydrogen (secondary N) is 1. The van der Waals surface area contributed by atoms with E-state index in [9.17, 15) is 4.39 Å². The zero-order valence-electron chi connectivity index (χ0n) is 10.7. The maximum atomic E-state index is 13.8. The molecule has 0 bridgehead atoms. The van der Waals surface area contributed by atoms with Crippen LogP contribution in [0.1, 0.15) is 36.7 Å². The first kappa shape index (κ1) is 12.3. The molecule has 19 heavy (non-hydrogen) atoms. The van der Waals surface area contributed by atoms with E-state index in [1.54, 1.807) is 6.07 Å². The molecule has 100 valence electrons. The highest BCUT2D eigenvalue weighted by Gasteiger charge is 2.26. The van der Waals surface area contributed by atoms with E-state index in [1.165, 1.54) is 18.8 Å². The maximum Gasteiger partial charge on any atom is 0.141 e. The molecule has 2 heterocycles. The Morgan fingerprint density at radius 3 is 3.00 bits per heavy atom. The first-order chi connectivity index (χ1) is 9.34. The molecule has 1 atom stereocenters. The summed E-state index contributed by atoms with van der Waals surface area (Å²) in [5, 5.41) is 6.86. The van der Waals surface area contributed by atoms with Crippen LogP contribution in [0, 0.1) is 5.82 Å². The molecule has 1 aliphatic heterocycles. The van der Waals surface area contributed by atoms with Gasteiger partial charge in [-0.05, 0) is 25.5 Å². The minimum Gasteiger partial charge on any atom is -0.289 e. The van der Waals surface area contributed by atoms with Crippen LogP contribution >= 0.6 is 0 Å². The number of aromatic amines is 1. The van der Waals surface area contributed by atoms with Gasteiger partial charge < -0.3 is 0 Å². The lowest BCUT2D eigenvalue weighted by Gasteiger charge is -2.34. The van der Waals surface area contributed by atoms with E-state index < -0.39 is 0 Å². The first-order valence-corrected chi connectivity index (χ1v) is 6.67. The second kappa shape index (κ2) is 5.48. The Morgan fingerprint density at radius 1 is 1.32 bits per heavy atom. The summed E-state index contributed by atoms with van der Waals surface area (Å²) in [5.41, 5.74) is 0.744. The highest BCUT2D eigenvalue weighted by atomic mass is 19.1. The summed E-state index contributed by atoms with van der Waals surface area (Å²) in [4.78, 5) is 6.53. The van der Waals surface area contributed by atoms with Gasteiger partial charge in [-0.1, -0.05) is 24.6 Å². The predicted molar refractivity (Wildman–Crippen MR) is 69.8 cm³/mol. The molecule has 0 aliphatic carbocycles. The second-order valence-corrected chi connectivity index (χ2v) is 4.94. The number of hydrogen-bond donors (Lipinski definition) is 1. The molecule has 0 radical (unpaired) electrons. The van der Waals surface area contributed by atoms with Crippen LogP contribution in [0.2, 0.25) is 0 Å². The lowest BCUT2D eigenvalue weighted by atomic mass is 10.0. The minimum atomic E-state index is -0.135. The molecule has 0 spiro atoms. The number of H-pyrrole nitrogens is 1. The van der Waals surface area contributed by atoms with Gasteiger partial charge in [-0.2, -0.15) is 5.10 Å². The van der Waals surface area contributed by atoms with E-state index in [4.69, 9.17) is 0 Å². The predicted octanol–water partition coefficient (Wildman–Crippen LogP) is 2.67. The summed E-state index contributed by atoms with van der Waals surface area (Å²) in [6.45, 7) is 1.59. The van der Waals surface area contributed by atoms with Crippen molar-refractivity contribution in [2.75, 3.05) is 6.54 Å². The third-order valence-electron chi connectivity index (χ3n) is 3.69. The topological polar surface area (TPSA) is 44.8 Å². The van der Waals surface area contributed by atoms with Crippen molar-refractivity contribution in [2.45, 2.75) is 31.8 Å². The van der Waals surface area contributed by atoms with Gasteiger partial charge in [-0.25, -0.2) is 9.37 Å². The van der Waals surface area contributed by atoms with Gasteiger partial charge >= 0.3 is 0 Å². The molecule has 1 aliphatic rings. The molecular formula is C14H17FN4. The minimum absolute atomic E-state index is 0.135. The monoisotopic (exact) mass is 260 g/mol. The van der Waals surface area contributed by atoms with E-state index >= 15 is 0 Å². The lowest BCUT2D eigenvalue weighted by molar-refractivity contribution is 0.132. The number of benzene rings is 1. The van der Waals surface area contributed by atoms with Gasteiger partial charge in [0.05, 0.1) is 6.04 Å². The van der Waals surface area contributed by atoms with Crippen LogP contribution in [-0.4, -0.2) is 26.6 Å². The van der Waals surface area contributed by atoms with E-state index in [0.717, 1.165) is 30.8 Å². The van der Waals surface area contributed by atoms with Crippen LogP contribution in [0.3, 0.4) is 0 Å². The van der Waals surface area contributed by atoms with Crippen molar-refractivity contribution in [1.29, 1.82) is 0 Å². The summed E-state index contributed by atoms with van der Waals surface area (Å²) in [6, 6.07) is 7.19. The van der Waals surface area contributed by atoms with Crippen molar-refractivity contribution in [3.63, 3.8) is 0 Å². The van der Waals surface area contributed by atoms with Crippen LogP contribution in [0.5, 0.6) is 0 Å². The highest BCUT2D eigenvalue weighted by Crippen LogP contribution is 2.30. The summed E-state index contributed by atoms with van der Waals surface area (Å²) in [6.07, 6.45) is 4.91. The molecule has 0 amide bonds. The zero-order valence-corrected chi connectivity index (χ0v) is 10.7. The van der Waals surface area contributed by atoms with Crippen molar-refractivity contribution in [1.82, 2.24) is 20.1 Å². The number of piperidine rings is 1. The average molecular weight is 260 g/mol. The van der Waals surface area contributed by atoms with E-state index in [0.29, 0.717) is 6.54 Å². The molecule has 1 unspecified atom stereocenters. The van der Waals surface area contributed by atoms with Gasteiger partial charge in [-0.3, -0.25) is 10.00 Å². The summed E-state index contributed by atoms with van der Waals surface area (Å²) in [5.74, 6) is 0.750. The zero-order chi connectivity index (χ0) is 13.1. The van der Waals surface area contributed by atoms with E-state index in [-0.39, 0.29) is 11.9 Å². The first-order valence-electron chi connectivity index (χ1n) is 6.67. The average Bonchev–Trinajstić information content (AvgIpc) is 2.96. The summed E-state index contributed by atoms with van der Waals surface area (Å²) < 4.78 is 13.8. The molecule has 4 nitrogen and oxygen atoms in total. The molecule has 5 heteroatoms. The third kappa shape index (κ3) is 2.66.